The van der Waals surface area contributed by atoms with Crippen molar-refractivity contribution in [2.24, 2.45) is 5.73 Å². The average molecular weight is 360 g/mol. The van der Waals surface area contributed by atoms with Gasteiger partial charge in [-0.25, -0.2) is 9.78 Å². The second kappa shape index (κ2) is 7.89. The Morgan fingerprint density at radius 3 is 2.86 bits per heavy atom. The van der Waals surface area contributed by atoms with Crippen LogP contribution in [-0.2, 0) is 0 Å². The van der Waals surface area contributed by atoms with E-state index < -0.39 is 12.0 Å². The maximum atomic E-state index is 11.3. The first-order valence-electron chi connectivity index (χ1n) is 6.31. The second-order valence-electron chi connectivity index (χ2n) is 4.50. The molecule has 0 saturated heterocycles. The molecule has 6 nitrogen and oxygen atoms in total. The van der Waals surface area contributed by atoms with Gasteiger partial charge < -0.3 is 15.9 Å². The van der Waals surface area contributed by atoms with E-state index in [1.165, 1.54) is 35.4 Å². The molecule has 0 bridgehead atoms. The van der Waals surface area contributed by atoms with Gasteiger partial charge in [-0.3, -0.25) is 4.98 Å². The summed E-state index contributed by atoms with van der Waals surface area (Å²) in [5, 5.41) is 18.9. The lowest BCUT2D eigenvalue weighted by Gasteiger charge is -2.18. The van der Waals surface area contributed by atoms with Gasteiger partial charge in [0.15, 0.2) is 0 Å². The van der Waals surface area contributed by atoms with Crippen molar-refractivity contribution in [3.8, 4) is 0 Å². The molecule has 0 saturated carbocycles. The van der Waals surface area contributed by atoms with Gasteiger partial charge in [-0.15, -0.1) is 11.3 Å². The lowest BCUT2D eigenvalue weighted by atomic mass is 10.1. The lowest BCUT2D eigenvalue weighted by molar-refractivity contribution is 0.0692. The summed E-state index contributed by atoms with van der Waals surface area (Å²) in [7, 11) is 0. The van der Waals surface area contributed by atoms with Gasteiger partial charge in [-0.1, -0.05) is 23.4 Å². The quantitative estimate of drug-likeness (QED) is 0.651. The van der Waals surface area contributed by atoms with Crippen molar-refractivity contribution < 1.29 is 15.0 Å². The van der Waals surface area contributed by atoms with E-state index in [0.717, 1.165) is 4.88 Å². The van der Waals surface area contributed by atoms with Gasteiger partial charge in [0.05, 0.1) is 22.7 Å². The third-order valence-electron chi connectivity index (χ3n) is 2.82. The topological polar surface area (TPSA) is 109 Å². The highest BCUT2D eigenvalue weighted by molar-refractivity contribution is 7.99. The SMILES string of the molecule is N[C@H](CO)C[C@@H](Sc1ncc(Cl)cc1C(=O)O)c1cncs1. The fraction of sp³-hybridized carbons (Fsp3) is 0.308. The van der Waals surface area contributed by atoms with Crippen molar-refractivity contribution in [2.45, 2.75) is 22.7 Å². The van der Waals surface area contributed by atoms with Crippen LogP contribution < -0.4 is 5.73 Å². The van der Waals surface area contributed by atoms with Crippen LogP contribution in [0.1, 0.15) is 26.9 Å². The molecule has 9 heteroatoms. The molecule has 2 rings (SSSR count). The van der Waals surface area contributed by atoms with Crippen LogP contribution in [0.3, 0.4) is 0 Å². The third-order valence-corrected chi connectivity index (χ3v) is 5.35. The van der Waals surface area contributed by atoms with E-state index in [4.69, 9.17) is 22.4 Å². The first kappa shape index (κ1) is 17.2. The largest absolute Gasteiger partial charge is 0.478 e. The highest BCUT2D eigenvalue weighted by Gasteiger charge is 2.22. The molecule has 2 heterocycles. The molecule has 0 unspecified atom stereocenters. The molecular formula is C13H14ClN3O3S2. The molecule has 2 aromatic rings. The number of carbonyl (C=O) groups is 1. The molecule has 0 aromatic carbocycles. The molecule has 118 valence electrons. The summed E-state index contributed by atoms with van der Waals surface area (Å²) in [5.41, 5.74) is 7.56. The minimum absolute atomic E-state index is 0.0459. The Kier molecular flexibility index (Phi) is 6.16. The van der Waals surface area contributed by atoms with Gasteiger partial charge >= 0.3 is 5.97 Å². The molecule has 22 heavy (non-hydrogen) atoms. The summed E-state index contributed by atoms with van der Waals surface area (Å²) in [4.78, 5) is 20.4. The monoisotopic (exact) mass is 359 g/mol. The van der Waals surface area contributed by atoms with Crippen LogP contribution in [0.25, 0.3) is 0 Å². The van der Waals surface area contributed by atoms with Crippen LogP contribution in [0.5, 0.6) is 0 Å². The lowest BCUT2D eigenvalue weighted by Crippen LogP contribution is -2.26. The fourth-order valence-electron chi connectivity index (χ4n) is 1.77. The summed E-state index contributed by atoms with van der Waals surface area (Å²) >= 11 is 8.54. The number of aliphatic hydroxyl groups excluding tert-OH is 1. The highest BCUT2D eigenvalue weighted by Crippen LogP contribution is 2.40. The highest BCUT2D eigenvalue weighted by atomic mass is 35.5. The number of carboxylic acid groups (broad SMARTS) is 1. The number of pyridine rings is 1. The van der Waals surface area contributed by atoms with Crippen molar-refractivity contribution in [1.82, 2.24) is 9.97 Å². The molecule has 0 fully saturated rings. The van der Waals surface area contributed by atoms with Crippen LogP contribution in [0.15, 0.2) is 29.0 Å². The van der Waals surface area contributed by atoms with Crippen LogP contribution in [0, 0.1) is 0 Å². The van der Waals surface area contributed by atoms with Gasteiger partial charge in [0.25, 0.3) is 0 Å². The second-order valence-corrected chi connectivity index (χ2v) is 7.05. The molecule has 2 aromatic heterocycles. The smallest absolute Gasteiger partial charge is 0.338 e. The van der Waals surface area contributed by atoms with Gasteiger partial charge in [-0.2, -0.15) is 0 Å². The summed E-state index contributed by atoms with van der Waals surface area (Å²) in [6.45, 7) is -0.143. The van der Waals surface area contributed by atoms with E-state index in [1.54, 1.807) is 11.7 Å². The zero-order chi connectivity index (χ0) is 16.1. The molecule has 0 amide bonds. The number of rotatable bonds is 7. The number of carboxylic acids is 1. The normalized spacial score (nSPS) is 13.8. The average Bonchev–Trinajstić information content (AvgIpc) is 3.02. The fourth-order valence-corrected chi connectivity index (χ4v) is 4.02. The maximum Gasteiger partial charge on any atom is 0.338 e. The minimum atomic E-state index is -1.09. The zero-order valence-corrected chi connectivity index (χ0v) is 13.7. The first-order chi connectivity index (χ1) is 10.5. The van der Waals surface area contributed by atoms with Crippen LogP contribution in [-0.4, -0.2) is 38.8 Å². The van der Waals surface area contributed by atoms with Gasteiger partial charge in [0, 0.05) is 28.6 Å². The van der Waals surface area contributed by atoms with E-state index in [1.807, 2.05) is 0 Å². The van der Waals surface area contributed by atoms with Crippen molar-refractivity contribution in [2.75, 3.05) is 6.61 Å². The number of nitrogens with two attached hydrogens (primary N) is 1. The molecule has 0 aliphatic rings. The predicted octanol–water partition coefficient (Wildman–Crippen LogP) is 2.43. The predicted molar refractivity (Wildman–Crippen MR) is 86.6 cm³/mol. The zero-order valence-electron chi connectivity index (χ0n) is 11.3. The standard InChI is InChI=1S/C13H14ClN3O3S2/c14-7-1-9(13(19)20)12(17-3-7)22-10(2-8(15)5-18)11-4-16-6-21-11/h1,3-4,6,8,10,18H,2,5,15H2,(H,19,20)/t8-,10+/m0/s1. The summed E-state index contributed by atoms with van der Waals surface area (Å²) in [6.07, 6.45) is 3.60. The molecule has 2 atom stereocenters. The summed E-state index contributed by atoms with van der Waals surface area (Å²) in [5.74, 6) is -1.09. The number of aromatic carboxylic acids is 1. The number of halogens is 1. The molecule has 0 aliphatic heterocycles. The van der Waals surface area contributed by atoms with Crippen molar-refractivity contribution >= 4 is 40.7 Å². The summed E-state index contributed by atoms with van der Waals surface area (Å²) < 4.78 is 0. The van der Waals surface area contributed by atoms with E-state index in [2.05, 4.69) is 9.97 Å². The Hall–Kier alpha value is -1.19. The Bertz CT molecular complexity index is 639. The van der Waals surface area contributed by atoms with E-state index in [0.29, 0.717) is 11.4 Å². The number of nitrogens with zero attached hydrogens (tertiary/aromatic N) is 2. The van der Waals surface area contributed by atoms with Crippen molar-refractivity contribution in [3.63, 3.8) is 0 Å². The number of thiazole rings is 1. The Balaban J connectivity index is 2.29. The molecule has 0 radical (unpaired) electrons. The Morgan fingerprint density at radius 2 is 2.27 bits per heavy atom. The number of hydrogen-bond donors (Lipinski definition) is 3. The van der Waals surface area contributed by atoms with Gasteiger partial charge in [-0.05, 0) is 12.5 Å². The van der Waals surface area contributed by atoms with Crippen LogP contribution in [0.4, 0.5) is 0 Å². The number of hydrogen-bond acceptors (Lipinski definition) is 7. The van der Waals surface area contributed by atoms with Crippen molar-refractivity contribution in [1.29, 1.82) is 0 Å². The first-order valence-corrected chi connectivity index (χ1v) is 8.45. The number of thioether (sulfide) groups is 1. The van der Waals surface area contributed by atoms with E-state index in [-0.39, 0.29) is 22.4 Å². The molecule has 0 aliphatic carbocycles. The van der Waals surface area contributed by atoms with Gasteiger partial charge in [0.1, 0.15) is 5.03 Å². The minimum Gasteiger partial charge on any atom is -0.478 e. The molecular weight excluding hydrogens is 346 g/mol. The van der Waals surface area contributed by atoms with E-state index in [9.17, 15) is 9.90 Å². The Labute approximate surface area is 140 Å². The summed E-state index contributed by atoms with van der Waals surface area (Å²) in [6, 6.07) is 0.967. The maximum absolute atomic E-state index is 11.3. The molecule has 0 spiro atoms. The Morgan fingerprint density at radius 1 is 1.50 bits per heavy atom. The van der Waals surface area contributed by atoms with Crippen LogP contribution in [0.2, 0.25) is 5.02 Å². The number of aromatic nitrogens is 2. The number of aliphatic hydroxyl groups is 1. The van der Waals surface area contributed by atoms with Crippen molar-refractivity contribution in [3.05, 3.63) is 39.4 Å². The van der Waals surface area contributed by atoms with Gasteiger partial charge in [0.2, 0.25) is 0 Å². The van der Waals surface area contributed by atoms with Crippen LogP contribution >= 0.6 is 34.7 Å². The molecule has 4 N–H and O–H groups in total. The van der Waals surface area contributed by atoms with E-state index >= 15 is 0 Å². The third kappa shape index (κ3) is 4.40.